The van der Waals surface area contributed by atoms with Crippen molar-refractivity contribution >= 4 is 33.6 Å². The second-order valence-electron chi connectivity index (χ2n) is 9.17. The molecule has 1 heterocycles. The van der Waals surface area contributed by atoms with Gasteiger partial charge in [-0.15, -0.1) is 0 Å². The third kappa shape index (κ3) is 11.2. The van der Waals surface area contributed by atoms with E-state index in [0.717, 1.165) is 19.4 Å². The van der Waals surface area contributed by atoms with Gasteiger partial charge in [-0.2, -0.15) is 4.57 Å². The van der Waals surface area contributed by atoms with E-state index in [-0.39, 0.29) is 0 Å². The molecule has 3 rings (SSSR count). The van der Waals surface area contributed by atoms with Gasteiger partial charge in [-0.05, 0) is 54.0 Å². The lowest BCUT2D eigenvalue weighted by atomic mass is 10.1. The minimum atomic E-state index is -3.92. The summed E-state index contributed by atoms with van der Waals surface area (Å²) in [5.74, 6) is 0. The summed E-state index contributed by atoms with van der Waals surface area (Å²) in [6, 6.07) is 24.0. The van der Waals surface area contributed by atoms with Crippen LogP contribution in [0.25, 0.3) is 12.2 Å². The zero-order valence-electron chi connectivity index (χ0n) is 22.7. The van der Waals surface area contributed by atoms with Crippen molar-refractivity contribution in [3.63, 3.8) is 0 Å². The van der Waals surface area contributed by atoms with E-state index in [1.165, 1.54) is 33.9 Å². The van der Waals surface area contributed by atoms with Gasteiger partial charge in [-0.1, -0.05) is 24.3 Å². The number of anilines is 2. The topological polar surface area (TPSA) is 76.8 Å². The van der Waals surface area contributed by atoms with Gasteiger partial charge < -0.3 is 19.1 Å². The van der Waals surface area contributed by atoms with Gasteiger partial charge in [0.2, 0.25) is 5.69 Å². The Balaban J connectivity index is 0.000000877. The first-order valence-electron chi connectivity index (χ1n) is 12.1. The summed E-state index contributed by atoms with van der Waals surface area (Å²) in [7, 11) is 6.11. The Kier molecular flexibility index (Phi) is 11.8. The fourth-order valence-corrected chi connectivity index (χ4v) is 3.72. The van der Waals surface area contributed by atoms with Crippen molar-refractivity contribution in [2.75, 3.05) is 58.0 Å². The summed E-state index contributed by atoms with van der Waals surface area (Å²) in [6.07, 6.45) is 6.99. The molecule has 7 nitrogen and oxygen atoms in total. The molecule has 0 saturated carbocycles. The molecule has 0 unspecified atom stereocenters. The van der Waals surface area contributed by atoms with Gasteiger partial charge in [-0.25, -0.2) is 8.42 Å². The van der Waals surface area contributed by atoms with Gasteiger partial charge in [0, 0.05) is 77.6 Å². The lowest BCUT2D eigenvalue weighted by molar-refractivity contribution is -0.707. The number of hydrogen-bond acceptors (Lipinski definition) is 6. The van der Waals surface area contributed by atoms with E-state index < -0.39 is 10.1 Å². The van der Waals surface area contributed by atoms with Crippen molar-refractivity contribution in [1.82, 2.24) is 0 Å². The molecule has 3 aromatic rings. The van der Waals surface area contributed by atoms with Crippen molar-refractivity contribution in [2.45, 2.75) is 19.4 Å². The summed E-state index contributed by atoms with van der Waals surface area (Å²) in [5, 5.41) is 0. The number of pyridine rings is 1. The molecule has 0 aliphatic carbocycles. The fraction of sp³-hybridized carbons (Fsp3) is 0.345. The highest BCUT2D eigenvalue weighted by atomic mass is 32.2. The SMILES string of the molecule is COCC[n+]1c(/C=C/c2ccc(N(C)C)cc2)cccc1CCc1ccc(N(C)C)cc1.CS(=O)(=O)[O-]. The second kappa shape index (κ2) is 14.5. The number of ether oxygens (including phenoxy) is 1. The van der Waals surface area contributed by atoms with Crippen LogP contribution in [0, 0.1) is 0 Å². The van der Waals surface area contributed by atoms with E-state index in [4.69, 9.17) is 17.7 Å². The Hall–Kier alpha value is -3.20. The molecule has 200 valence electrons. The molecule has 1 aromatic heterocycles. The van der Waals surface area contributed by atoms with Gasteiger partial charge >= 0.3 is 0 Å². The summed E-state index contributed by atoms with van der Waals surface area (Å²) in [4.78, 5) is 4.25. The van der Waals surface area contributed by atoms with E-state index in [0.29, 0.717) is 12.9 Å². The molecular formula is C29H39N3O4S. The third-order valence-electron chi connectivity index (χ3n) is 5.71. The van der Waals surface area contributed by atoms with Crippen molar-refractivity contribution in [1.29, 1.82) is 0 Å². The molecular weight excluding hydrogens is 486 g/mol. The van der Waals surface area contributed by atoms with Gasteiger partial charge in [-0.3, -0.25) is 0 Å². The molecule has 0 amide bonds. The van der Waals surface area contributed by atoms with Crippen LogP contribution in [-0.2, 0) is 34.2 Å². The van der Waals surface area contributed by atoms with Crippen molar-refractivity contribution in [3.8, 4) is 0 Å². The highest BCUT2D eigenvalue weighted by molar-refractivity contribution is 7.84. The third-order valence-corrected chi connectivity index (χ3v) is 5.71. The molecule has 0 atom stereocenters. The number of benzene rings is 2. The first-order valence-corrected chi connectivity index (χ1v) is 13.9. The van der Waals surface area contributed by atoms with E-state index >= 15 is 0 Å². The maximum Gasteiger partial charge on any atom is 0.205 e. The van der Waals surface area contributed by atoms with Crippen LogP contribution in [0.15, 0.2) is 66.7 Å². The monoisotopic (exact) mass is 525 g/mol. The summed E-state index contributed by atoms with van der Waals surface area (Å²) in [5.41, 5.74) is 7.51. The Morgan fingerprint density at radius 2 is 1.38 bits per heavy atom. The zero-order valence-corrected chi connectivity index (χ0v) is 23.5. The minimum absolute atomic E-state index is 0.604. The maximum absolute atomic E-state index is 9.08. The normalized spacial score (nSPS) is 11.2. The van der Waals surface area contributed by atoms with E-state index in [1.807, 2.05) is 0 Å². The van der Waals surface area contributed by atoms with E-state index in [9.17, 15) is 0 Å². The first-order chi connectivity index (χ1) is 17.5. The average Bonchev–Trinajstić information content (AvgIpc) is 2.84. The standard InChI is InChI=1S/C28H36N3O.CH4O3S/c1-29(2)25-15-9-23(10-16-25)13-19-27-7-6-8-28(31(27)21-22-32-5)20-14-24-11-17-26(18-12-24)30(3)4;1-5(2,3)4/h6-13,15-19H,14,20-22H2,1-5H3;1H3,(H,2,3,4)/q+1;/p-1. The van der Waals surface area contributed by atoms with Crippen LogP contribution in [0.2, 0.25) is 0 Å². The molecule has 0 aliphatic rings. The number of methoxy groups -OCH3 is 1. The number of aryl methyl sites for hydroxylation is 2. The summed E-state index contributed by atoms with van der Waals surface area (Å²) in [6.45, 7) is 1.53. The highest BCUT2D eigenvalue weighted by Gasteiger charge is 2.15. The molecule has 0 aliphatic heterocycles. The van der Waals surface area contributed by atoms with Crippen LogP contribution >= 0.6 is 0 Å². The van der Waals surface area contributed by atoms with E-state index in [2.05, 4.69) is 121 Å². The summed E-state index contributed by atoms with van der Waals surface area (Å²) >= 11 is 0. The smallest absolute Gasteiger partial charge is 0.205 e. The van der Waals surface area contributed by atoms with Crippen LogP contribution in [0.3, 0.4) is 0 Å². The highest BCUT2D eigenvalue weighted by Crippen LogP contribution is 2.16. The van der Waals surface area contributed by atoms with Gasteiger partial charge in [0.05, 0.1) is 10.1 Å². The van der Waals surface area contributed by atoms with Crippen LogP contribution in [0.5, 0.6) is 0 Å². The first kappa shape index (κ1) is 30.0. The molecule has 0 fully saturated rings. The van der Waals surface area contributed by atoms with Crippen molar-refractivity contribution in [2.24, 2.45) is 0 Å². The van der Waals surface area contributed by atoms with Crippen LogP contribution < -0.4 is 14.4 Å². The van der Waals surface area contributed by atoms with Crippen molar-refractivity contribution in [3.05, 3.63) is 89.2 Å². The molecule has 2 aromatic carbocycles. The predicted molar refractivity (Wildman–Crippen MR) is 152 cm³/mol. The van der Waals surface area contributed by atoms with Crippen LogP contribution in [0.4, 0.5) is 11.4 Å². The Bertz CT molecular complexity index is 1230. The van der Waals surface area contributed by atoms with Gasteiger partial charge in [0.15, 0.2) is 12.2 Å². The second-order valence-corrected chi connectivity index (χ2v) is 10.6. The summed E-state index contributed by atoms with van der Waals surface area (Å²) < 4.78 is 35.0. The lowest BCUT2D eigenvalue weighted by Crippen LogP contribution is -2.43. The molecule has 0 N–H and O–H groups in total. The molecule has 0 radical (unpaired) electrons. The number of rotatable bonds is 10. The number of nitrogens with zero attached hydrogens (tertiary/aromatic N) is 3. The fourth-order valence-electron chi connectivity index (χ4n) is 3.72. The maximum atomic E-state index is 9.08. The lowest BCUT2D eigenvalue weighted by Gasteiger charge is -2.12. The van der Waals surface area contributed by atoms with E-state index in [1.54, 1.807) is 7.11 Å². The predicted octanol–water partition coefficient (Wildman–Crippen LogP) is 3.87. The van der Waals surface area contributed by atoms with Crippen molar-refractivity contribution < 1.29 is 22.3 Å². The minimum Gasteiger partial charge on any atom is -0.748 e. The van der Waals surface area contributed by atoms with Crippen LogP contribution in [0.1, 0.15) is 22.5 Å². The largest absolute Gasteiger partial charge is 0.748 e. The average molecular weight is 526 g/mol. The molecule has 8 heteroatoms. The van der Waals surface area contributed by atoms with Gasteiger partial charge in [0.1, 0.15) is 6.61 Å². The Labute approximate surface area is 222 Å². The quantitative estimate of drug-likeness (QED) is 0.296. The van der Waals surface area contributed by atoms with Crippen LogP contribution in [-0.4, -0.2) is 61.1 Å². The molecule has 37 heavy (non-hydrogen) atoms. The zero-order chi connectivity index (χ0) is 27.4. The van der Waals surface area contributed by atoms with Gasteiger partial charge in [0.25, 0.3) is 0 Å². The number of aromatic nitrogens is 1. The molecule has 0 saturated heterocycles. The molecule has 0 bridgehead atoms. The molecule has 0 spiro atoms. The number of hydrogen-bond donors (Lipinski definition) is 0. The Morgan fingerprint density at radius 1 is 0.838 bits per heavy atom. The Morgan fingerprint density at radius 3 is 1.89 bits per heavy atom.